The van der Waals surface area contributed by atoms with Crippen molar-refractivity contribution in [1.29, 1.82) is 0 Å². The molecule has 1 N–H and O–H groups in total. The molecule has 1 amide bonds. The number of anilines is 1. The molecule has 0 fully saturated rings. The van der Waals surface area contributed by atoms with E-state index in [1.165, 1.54) is 5.56 Å². The first-order valence-corrected chi connectivity index (χ1v) is 9.55. The van der Waals surface area contributed by atoms with Gasteiger partial charge in [0.15, 0.2) is 5.65 Å². The number of hydrogen-bond acceptors (Lipinski definition) is 3. The summed E-state index contributed by atoms with van der Waals surface area (Å²) >= 11 is 0. The van der Waals surface area contributed by atoms with Crippen LogP contribution in [0.4, 0.5) is 5.69 Å². The lowest BCUT2D eigenvalue weighted by Crippen LogP contribution is -2.26. The Labute approximate surface area is 168 Å². The van der Waals surface area contributed by atoms with Gasteiger partial charge in [-0.15, -0.1) is 0 Å². The van der Waals surface area contributed by atoms with Gasteiger partial charge in [-0.1, -0.05) is 18.2 Å². The van der Waals surface area contributed by atoms with Crippen molar-refractivity contribution in [3.05, 3.63) is 77.4 Å². The Bertz CT molecular complexity index is 1420. The number of fused-ring (bicyclic) bond motifs is 4. The number of carbonyl (C=O) groups excluding carboxylic acids is 1. The van der Waals surface area contributed by atoms with Crippen LogP contribution in [0.1, 0.15) is 21.5 Å². The SMILES string of the molecule is Cc1ccc(N(C)C(=O)c2ccc3[nH]c4nc5ccccc5nc4c3c2)cc1C. The van der Waals surface area contributed by atoms with Crippen LogP contribution < -0.4 is 4.90 Å². The zero-order valence-electron chi connectivity index (χ0n) is 16.5. The first kappa shape index (κ1) is 17.4. The number of aromatic nitrogens is 3. The average molecular weight is 380 g/mol. The van der Waals surface area contributed by atoms with Crippen molar-refractivity contribution in [1.82, 2.24) is 15.0 Å². The highest BCUT2D eigenvalue weighted by Crippen LogP contribution is 2.27. The number of aryl methyl sites for hydroxylation is 2. The molecule has 0 atom stereocenters. The van der Waals surface area contributed by atoms with Gasteiger partial charge in [-0.2, -0.15) is 0 Å². The molecule has 2 aromatic heterocycles. The molecule has 0 saturated heterocycles. The normalized spacial score (nSPS) is 11.4. The molecule has 0 aliphatic carbocycles. The molecule has 5 heteroatoms. The highest BCUT2D eigenvalue weighted by molar-refractivity contribution is 6.12. The maximum Gasteiger partial charge on any atom is 0.258 e. The van der Waals surface area contributed by atoms with E-state index >= 15 is 0 Å². The smallest absolute Gasteiger partial charge is 0.258 e. The summed E-state index contributed by atoms with van der Waals surface area (Å²) in [7, 11) is 1.80. The van der Waals surface area contributed by atoms with Crippen molar-refractivity contribution in [2.45, 2.75) is 13.8 Å². The summed E-state index contributed by atoms with van der Waals surface area (Å²) in [6, 6.07) is 19.5. The number of nitrogens with one attached hydrogen (secondary N) is 1. The predicted octanol–water partition coefficient (Wildman–Crippen LogP) is 5.16. The molecular formula is C24H20N4O. The fourth-order valence-electron chi connectivity index (χ4n) is 3.63. The van der Waals surface area contributed by atoms with Crippen LogP contribution in [-0.2, 0) is 0 Å². The standard InChI is InChI=1S/C24H20N4O/c1-14-8-10-17(12-15(14)2)28(3)24(29)16-9-11-19-18(13-16)22-23(26-19)27-21-7-5-4-6-20(21)25-22/h4-13H,1-3H3,(H,26,27). The summed E-state index contributed by atoms with van der Waals surface area (Å²) in [4.78, 5) is 27.6. The van der Waals surface area contributed by atoms with Gasteiger partial charge in [-0.05, 0) is 67.4 Å². The number of rotatable bonds is 2. The number of benzene rings is 3. The van der Waals surface area contributed by atoms with E-state index in [0.29, 0.717) is 5.56 Å². The van der Waals surface area contributed by atoms with Crippen LogP contribution in [0.3, 0.4) is 0 Å². The number of H-pyrrole nitrogens is 1. The van der Waals surface area contributed by atoms with Gasteiger partial charge >= 0.3 is 0 Å². The topological polar surface area (TPSA) is 61.9 Å². The molecule has 0 spiro atoms. The Morgan fingerprint density at radius 3 is 2.41 bits per heavy atom. The van der Waals surface area contributed by atoms with Gasteiger partial charge in [-0.3, -0.25) is 4.79 Å². The highest BCUT2D eigenvalue weighted by atomic mass is 16.2. The van der Waals surface area contributed by atoms with E-state index in [4.69, 9.17) is 4.98 Å². The minimum absolute atomic E-state index is 0.0572. The van der Waals surface area contributed by atoms with Crippen LogP contribution in [0.25, 0.3) is 33.1 Å². The first-order valence-electron chi connectivity index (χ1n) is 9.55. The minimum Gasteiger partial charge on any atom is -0.338 e. The van der Waals surface area contributed by atoms with Gasteiger partial charge in [0.2, 0.25) is 0 Å². The van der Waals surface area contributed by atoms with E-state index in [0.717, 1.165) is 44.4 Å². The second-order valence-electron chi connectivity index (χ2n) is 7.43. The highest BCUT2D eigenvalue weighted by Gasteiger charge is 2.17. The molecule has 0 bridgehead atoms. The lowest BCUT2D eigenvalue weighted by Gasteiger charge is -2.18. The molecule has 0 saturated carbocycles. The molecule has 29 heavy (non-hydrogen) atoms. The zero-order valence-corrected chi connectivity index (χ0v) is 16.5. The average Bonchev–Trinajstić information content (AvgIpc) is 3.09. The largest absolute Gasteiger partial charge is 0.338 e. The number of aromatic amines is 1. The number of nitrogens with zero attached hydrogens (tertiary/aromatic N) is 3. The molecule has 2 heterocycles. The third kappa shape index (κ3) is 2.83. The summed E-state index contributed by atoms with van der Waals surface area (Å²) in [5, 5.41) is 0.901. The van der Waals surface area contributed by atoms with Crippen molar-refractivity contribution in [3.8, 4) is 0 Å². The number of amides is 1. The van der Waals surface area contributed by atoms with E-state index in [1.54, 1.807) is 11.9 Å². The van der Waals surface area contributed by atoms with Crippen molar-refractivity contribution in [2.75, 3.05) is 11.9 Å². The third-order valence-electron chi connectivity index (χ3n) is 5.53. The summed E-state index contributed by atoms with van der Waals surface area (Å²) < 4.78 is 0. The molecule has 0 unspecified atom stereocenters. The number of carbonyl (C=O) groups is 1. The van der Waals surface area contributed by atoms with Gasteiger partial charge in [0.05, 0.1) is 11.0 Å². The van der Waals surface area contributed by atoms with E-state index in [2.05, 4.69) is 23.8 Å². The second kappa shape index (κ2) is 6.41. The quantitative estimate of drug-likeness (QED) is 0.460. The van der Waals surface area contributed by atoms with Gasteiger partial charge in [0.1, 0.15) is 5.52 Å². The molecule has 0 radical (unpaired) electrons. The van der Waals surface area contributed by atoms with Crippen molar-refractivity contribution < 1.29 is 4.79 Å². The van der Waals surface area contributed by atoms with Crippen molar-refractivity contribution in [2.24, 2.45) is 0 Å². The second-order valence-corrected chi connectivity index (χ2v) is 7.43. The van der Waals surface area contributed by atoms with E-state index in [1.807, 2.05) is 60.7 Å². The molecule has 3 aromatic carbocycles. The molecule has 5 aromatic rings. The molecule has 142 valence electrons. The van der Waals surface area contributed by atoms with E-state index < -0.39 is 0 Å². The van der Waals surface area contributed by atoms with Crippen molar-refractivity contribution in [3.63, 3.8) is 0 Å². The van der Waals surface area contributed by atoms with Crippen LogP contribution in [0.5, 0.6) is 0 Å². The maximum atomic E-state index is 13.1. The minimum atomic E-state index is -0.0572. The Balaban J connectivity index is 1.61. The molecule has 5 nitrogen and oxygen atoms in total. The monoisotopic (exact) mass is 380 g/mol. The zero-order chi connectivity index (χ0) is 20.1. The first-order chi connectivity index (χ1) is 14.0. The summed E-state index contributed by atoms with van der Waals surface area (Å²) in [6.45, 7) is 4.12. The van der Waals surface area contributed by atoms with Crippen LogP contribution in [0, 0.1) is 13.8 Å². The third-order valence-corrected chi connectivity index (χ3v) is 5.53. The Morgan fingerprint density at radius 2 is 1.66 bits per heavy atom. The van der Waals surface area contributed by atoms with Crippen LogP contribution >= 0.6 is 0 Å². The molecule has 5 rings (SSSR count). The summed E-state index contributed by atoms with van der Waals surface area (Å²) in [5.41, 5.74) is 7.98. The molecular weight excluding hydrogens is 360 g/mol. The van der Waals surface area contributed by atoms with Gasteiger partial charge in [-0.25, -0.2) is 9.97 Å². The Morgan fingerprint density at radius 1 is 0.897 bits per heavy atom. The fraction of sp³-hybridized carbons (Fsp3) is 0.125. The lowest BCUT2D eigenvalue weighted by atomic mass is 10.1. The van der Waals surface area contributed by atoms with Gasteiger partial charge in [0.25, 0.3) is 5.91 Å². The Hall–Kier alpha value is -3.73. The molecule has 0 aliphatic rings. The Kier molecular flexibility index (Phi) is 3.84. The van der Waals surface area contributed by atoms with Crippen LogP contribution in [0.15, 0.2) is 60.7 Å². The molecule has 0 aliphatic heterocycles. The predicted molar refractivity (Wildman–Crippen MR) is 118 cm³/mol. The van der Waals surface area contributed by atoms with E-state index in [9.17, 15) is 4.79 Å². The maximum absolute atomic E-state index is 13.1. The van der Waals surface area contributed by atoms with E-state index in [-0.39, 0.29) is 5.91 Å². The van der Waals surface area contributed by atoms with Crippen LogP contribution in [0.2, 0.25) is 0 Å². The summed E-state index contributed by atoms with van der Waals surface area (Å²) in [6.07, 6.45) is 0. The lowest BCUT2D eigenvalue weighted by molar-refractivity contribution is 0.0993. The van der Waals surface area contributed by atoms with Crippen molar-refractivity contribution >= 4 is 44.7 Å². The number of para-hydroxylation sites is 2. The number of hydrogen-bond donors (Lipinski definition) is 1. The summed E-state index contributed by atoms with van der Waals surface area (Å²) in [5.74, 6) is -0.0572. The van der Waals surface area contributed by atoms with Gasteiger partial charge in [0, 0.05) is 29.2 Å². The fourth-order valence-corrected chi connectivity index (χ4v) is 3.63. The van der Waals surface area contributed by atoms with Gasteiger partial charge < -0.3 is 9.88 Å². The van der Waals surface area contributed by atoms with Crippen LogP contribution in [-0.4, -0.2) is 27.9 Å².